The van der Waals surface area contributed by atoms with Gasteiger partial charge in [0.1, 0.15) is 0 Å². The number of amides is 1. The summed E-state index contributed by atoms with van der Waals surface area (Å²) in [6.07, 6.45) is 0. The van der Waals surface area contributed by atoms with Crippen LogP contribution in [0.25, 0.3) is 11.1 Å². The molecule has 0 aromatic carbocycles. The molecule has 1 N–H and O–H groups in total. The molecular formula is C14H10ClNOS3. The zero-order valence-corrected chi connectivity index (χ0v) is 13.5. The molecule has 0 aliphatic carbocycles. The van der Waals surface area contributed by atoms with Crippen LogP contribution in [0.15, 0.2) is 40.4 Å². The molecule has 102 valence electrons. The molecule has 3 heterocycles. The highest BCUT2D eigenvalue weighted by molar-refractivity contribution is 7.18. The van der Waals surface area contributed by atoms with Gasteiger partial charge < -0.3 is 5.32 Å². The number of carbonyl (C=O) groups is 1. The molecule has 0 saturated carbocycles. The predicted octanol–water partition coefficient (Wildman–Crippen LogP) is 5.12. The van der Waals surface area contributed by atoms with Gasteiger partial charge in [0.25, 0.3) is 5.91 Å². The quantitative estimate of drug-likeness (QED) is 0.702. The first-order chi connectivity index (χ1) is 9.72. The van der Waals surface area contributed by atoms with E-state index in [9.17, 15) is 4.79 Å². The molecule has 0 aliphatic rings. The molecule has 3 rings (SSSR count). The van der Waals surface area contributed by atoms with Crippen LogP contribution in [0.5, 0.6) is 0 Å². The topological polar surface area (TPSA) is 29.1 Å². The SMILES string of the molecule is O=C(NCc1cc(-c2ccsc2)cs1)c1ccc(Cl)s1. The van der Waals surface area contributed by atoms with Gasteiger partial charge in [-0.2, -0.15) is 11.3 Å². The van der Waals surface area contributed by atoms with Gasteiger partial charge in [-0.25, -0.2) is 0 Å². The Bertz CT molecular complexity index is 714. The van der Waals surface area contributed by atoms with Crippen molar-refractivity contribution in [2.75, 3.05) is 0 Å². The van der Waals surface area contributed by atoms with Crippen molar-refractivity contribution in [2.45, 2.75) is 6.54 Å². The number of halogens is 1. The average molecular weight is 340 g/mol. The van der Waals surface area contributed by atoms with Crippen molar-refractivity contribution in [3.63, 3.8) is 0 Å². The summed E-state index contributed by atoms with van der Waals surface area (Å²) in [7, 11) is 0. The first kappa shape index (κ1) is 13.8. The van der Waals surface area contributed by atoms with Gasteiger partial charge in [0, 0.05) is 4.88 Å². The van der Waals surface area contributed by atoms with E-state index in [0.717, 1.165) is 4.88 Å². The van der Waals surface area contributed by atoms with Crippen LogP contribution < -0.4 is 5.32 Å². The van der Waals surface area contributed by atoms with Gasteiger partial charge >= 0.3 is 0 Å². The molecule has 0 unspecified atom stereocenters. The minimum atomic E-state index is -0.0765. The average Bonchev–Trinajstić information content (AvgIpc) is 3.16. The van der Waals surface area contributed by atoms with Crippen molar-refractivity contribution in [2.24, 2.45) is 0 Å². The summed E-state index contributed by atoms with van der Waals surface area (Å²) in [6.45, 7) is 0.545. The summed E-state index contributed by atoms with van der Waals surface area (Å²) in [5.74, 6) is -0.0765. The van der Waals surface area contributed by atoms with Crippen LogP contribution in [0.3, 0.4) is 0 Å². The Hall–Kier alpha value is -1.14. The van der Waals surface area contributed by atoms with E-state index in [1.807, 2.05) is 0 Å². The maximum Gasteiger partial charge on any atom is 0.261 e. The van der Waals surface area contributed by atoms with Crippen LogP contribution in [0.2, 0.25) is 4.34 Å². The second-order valence-electron chi connectivity index (χ2n) is 4.10. The number of nitrogens with one attached hydrogen (secondary N) is 1. The van der Waals surface area contributed by atoms with Gasteiger partial charge in [-0.15, -0.1) is 22.7 Å². The van der Waals surface area contributed by atoms with Crippen LogP contribution in [-0.2, 0) is 6.54 Å². The normalized spacial score (nSPS) is 10.7. The highest BCUT2D eigenvalue weighted by atomic mass is 35.5. The maximum absolute atomic E-state index is 11.9. The molecule has 20 heavy (non-hydrogen) atoms. The Kier molecular flexibility index (Phi) is 4.21. The molecule has 0 fully saturated rings. The van der Waals surface area contributed by atoms with Crippen LogP contribution >= 0.6 is 45.6 Å². The Morgan fingerprint density at radius 2 is 2.10 bits per heavy atom. The van der Waals surface area contributed by atoms with E-state index in [0.29, 0.717) is 15.8 Å². The van der Waals surface area contributed by atoms with Gasteiger partial charge in [0.2, 0.25) is 0 Å². The molecule has 1 amide bonds. The standard InChI is InChI=1S/C14H10ClNOS3/c15-13-2-1-12(20-13)14(17)16-6-11-5-10(8-19-11)9-3-4-18-7-9/h1-5,7-8H,6H2,(H,16,17). The monoisotopic (exact) mass is 339 g/mol. The smallest absolute Gasteiger partial charge is 0.261 e. The van der Waals surface area contributed by atoms with Gasteiger partial charge in [0.05, 0.1) is 15.8 Å². The molecular weight excluding hydrogens is 330 g/mol. The Morgan fingerprint density at radius 3 is 2.80 bits per heavy atom. The van der Waals surface area contributed by atoms with E-state index in [1.165, 1.54) is 22.5 Å². The number of hydrogen-bond acceptors (Lipinski definition) is 4. The summed E-state index contributed by atoms with van der Waals surface area (Å²) in [5.41, 5.74) is 2.44. The molecule has 0 saturated heterocycles. The van der Waals surface area contributed by atoms with Crippen LogP contribution in [0.1, 0.15) is 14.5 Å². The Labute approximate surface area is 133 Å². The molecule has 2 nitrogen and oxygen atoms in total. The van der Waals surface area contributed by atoms with Gasteiger partial charge in [-0.1, -0.05) is 11.6 Å². The third kappa shape index (κ3) is 3.12. The highest BCUT2D eigenvalue weighted by Crippen LogP contribution is 2.27. The largest absolute Gasteiger partial charge is 0.346 e. The zero-order valence-electron chi connectivity index (χ0n) is 10.3. The Balaban J connectivity index is 1.63. The molecule has 0 bridgehead atoms. The highest BCUT2D eigenvalue weighted by Gasteiger charge is 2.09. The summed E-state index contributed by atoms with van der Waals surface area (Å²) in [4.78, 5) is 13.7. The molecule has 0 atom stereocenters. The van der Waals surface area contributed by atoms with E-state index in [2.05, 4.69) is 33.6 Å². The first-order valence-corrected chi connectivity index (χ1v) is 8.87. The fourth-order valence-corrected chi connectivity index (χ4v) is 4.20. The summed E-state index contributed by atoms with van der Waals surface area (Å²) < 4.78 is 0.631. The van der Waals surface area contributed by atoms with Gasteiger partial charge in [-0.05, 0) is 51.5 Å². The van der Waals surface area contributed by atoms with Crippen LogP contribution in [0, 0.1) is 0 Å². The number of thiophene rings is 3. The minimum absolute atomic E-state index is 0.0765. The fraction of sp³-hybridized carbons (Fsp3) is 0.0714. The van der Waals surface area contributed by atoms with E-state index in [4.69, 9.17) is 11.6 Å². The van der Waals surface area contributed by atoms with Gasteiger partial charge in [-0.3, -0.25) is 4.79 Å². The third-order valence-electron chi connectivity index (χ3n) is 2.73. The van der Waals surface area contributed by atoms with E-state index < -0.39 is 0 Å². The van der Waals surface area contributed by atoms with Crippen molar-refractivity contribution >= 4 is 51.5 Å². The summed E-state index contributed by atoms with van der Waals surface area (Å²) in [6, 6.07) is 7.70. The summed E-state index contributed by atoms with van der Waals surface area (Å²) >= 11 is 10.5. The molecule has 3 aromatic rings. The van der Waals surface area contributed by atoms with Crippen molar-refractivity contribution in [3.05, 3.63) is 54.5 Å². The van der Waals surface area contributed by atoms with Crippen LogP contribution in [0.4, 0.5) is 0 Å². The number of hydrogen-bond donors (Lipinski definition) is 1. The lowest BCUT2D eigenvalue weighted by atomic mass is 10.2. The lowest BCUT2D eigenvalue weighted by Gasteiger charge is -2.00. The molecule has 0 aliphatic heterocycles. The molecule has 0 spiro atoms. The van der Waals surface area contributed by atoms with Crippen molar-refractivity contribution < 1.29 is 4.79 Å². The van der Waals surface area contributed by atoms with Crippen molar-refractivity contribution in [3.8, 4) is 11.1 Å². The third-order valence-corrected chi connectivity index (χ3v) is 5.58. The summed E-state index contributed by atoms with van der Waals surface area (Å²) in [5, 5.41) is 9.22. The molecule has 0 radical (unpaired) electrons. The van der Waals surface area contributed by atoms with E-state index in [1.54, 1.807) is 34.8 Å². The first-order valence-electron chi connectivity index (χ1n) is 5.86. The second-order valence-corrected chi connectivity index (χ2v) is 7.59. The maximum atomic E-state index is 11.9. The van der Waals surface area contributed by atoms with Crippen molar-refractivity contribution in [1.82, 2.24) is 5.32 Å². The lowest BCUT2D eigenvalue weighted by Crippen LogP contribution is -2.21. The van der Waals surface area contributed by atoms with Gasteiger partial charge in [0.15, 0.2) is 0 Å². The number of rotatable bonds is 4. The van der Waals surface area contributed by atoms with Crippen molar-refractivity contribution in [1.29, 1.82) is 0 Å². The lowest BCUT2D eigenvalue weighted by molar-refractivity contribution is 0.0955. The molecule has 6 heteroatoms. The van der Waals surface area contributed by atoms with Crippen LogP contribution in [-0.4, -0.2) is 5.91 Å². The van der Waals surface area contributed by atoms with E-state index >= 15 is 0 Å². The Morgan fingerprint density at radius 1 is 1.20 bits per heavy atom. The number of carbonyl (C=O) groups excluding carboxylic acids is 1. The zero-order chi connectivity index (χ0) is 13.9. The minimum Gasteiger partial charge on any atom is -0.346 e. The fourth-order valence-electron chi connectivity index (χ4n) is 1.74. The van der Waals surface area contributed by atoms with E-state index in [-0.39, 0.29) is 5.91 Å². The predicted molar refractivity (Wildman–Crippen MR) is 88.1 cm³/mol. The molecule has 3 aromatic heterocycles. The second kappa shape index (κ2) is 6.10.